The average Bonchev–Trinajstić information content (AvgIpc) is 2.02. The van der Waals surface area contributed by atoms with E-state index in [0.717, 1.165) is 0 Å². The number of rotatable bonds is 5. The molecule has 0 aliphatic carbocycles. The molecule has 0 rings (SSSR count). The first kappa shape index (κ1) is 11.4. The molecule has 0 spiro atoms. The van der Waals surface area contributed by atoms with Gasteiger partial charge in [-0.1, -0.05) is 0 Å². The number of hydrogen-bond acceptors (Lipinski definition) is 3. The largest absolute Gasteiger partial charge is 0.481 e. The Morgan fingerprint density at radius 3 is 2.31 bits per heavy atom. The van der Waals surface area contributed by atoms with Crippen molar-refractivity contribution in [3.63, 3.8) is 0 Å². The lowest BCUT2D eigenvalue weighted by Gasteiger charge is -2.01. The number of carboxylic acid groups (broad SMARTS) is 1. The molecule has 74 valence electrons. The topological polar surface area (TPSA) is 95.5 Å². The van der Waals surface area contributed by atoms with Crippen LogP contribution in [0.5, 0.6) is 0 Å². The highest BCUT2D eigenvalue weighted by Crippen LogP contribution is 1.81. The summed E-state index contributed by atoms with van der Waals surface area (Å²) >= 11 is 0. The fraction of sp³-hybridized carbons (Fsp3) is 0.571. The van der Waals surface area contributed by atoms with E-state index < -0.39 is 18.3 Å². The number of amides is 2. The lowest BCUT2D eigenvalue weighted by molar-refractivity contribution is -0.140. The van der Waals surface area contributed by atoms with E-state index in [0.29, 0.717) is 0 Å². The predicted octanol–water partition coefficient (Wildman–Crippen LogP) is -1.29. The van der Waals surface area contributed by atoms with Crippen molar-refractivity contribution in [1.82, 2.24) is 10.6 Å². The van der Waals surface area contributed by atoms with Crippen molar-refractivity contribution in [2.24, 2.45) is 0 Å². The maximum absolute atomic E-state index is 10.7. The smallest absolute Gasteiger partial charge is 0.312 e. The molecule has 6 heteroatoms. The van der Waals surface area contributed by atoms with Crippen LogP contribution in [0, 0.1) is 0 Å². The maximum Gasteiger partial charge on any atom is 0.312 e. The molecular weight excluding hydrogens is 176 g/mol. The second kappa shape index (κ2) is 5.99. The Balaban J connectivity index is 3.48. The van der Waals surface area contributed by atoms with Crippen molar-refractivity contribution in [1.29, 1.82) is 0 Å². The molecule has 0 aromatic carbocycles. The van der Waals surface area contributed by atoms with Crippen LogP contribution < -0.4 is 10.6 Å². The normalized spacial score (nSPS) is 9.00. The van der Waals surface area contributed by atoms with Crippen LogP contribution >= 0.6 is 0 Å². The Labute approximate surface area is 75.3 Å². The molecule has 0 aromatic heterocycles. The number of carboxylic acids is 1. The van der Waals surface area contributed by atoms with E-state index >= 15 is 0 Å². The molecule has 13 heavy (non-hydrogen) atoms. The molecule has 0 unspecified atom stereocenters. The van der Waals surface area contributed by atoms with E-state index in [-0.39, 0.29) is 18.9 Å². The van der Waals surface area contributed by atoms with Crippen LogP contribution in [-0.4, -0.2) is 36.5 Å². The minimum Gasteiger partial charge on any atom is -0.481 e. The molecule has 0 aliphatic rings. The summed E-state index contributed by atoms with van der Waals surface area (Å²) in [5.41, 5.74) is 0. The molecule has 0 saturated heterocycles. The van der Waals surface area contributed by atoms with E-state index in [1.165, 1.54) is 7.05 Å². The summed E-state index contributed by atoms with van der Waals surface area (Å²) in [5.74, 6) is -1.97. The van der Waals surface area contributed by atoms with Gasteiger partial charge < -0.3 is 15.7 Å². The van der Waals surface area contributed by atoms with Crippen molar-refractivity contribution >= 4 is 17.8 Å². The molecule has 2 amide bonds. The third-order valence-corrected chi connectivity index (χ3v) is 1.26. The molecular formula is C7H12N2O4. The van der Waals surface area contributed by atoms with Crippen molar-refractivity contribution < 1.29 is 19.5 Å². The first-order valence-corrected chi connectivity index (χ1v) is 3.75. The second-order valence-corrected chi connectivity index (χ2v) is 2.34. The van der Waals surface area contributed by atoms with Crippen LogP contribution in [0.4, 0.5) is 0 Å². The first-order valence-electron chi connectivity index (χ1n) is 3.75. The molecule has 0 bridgehead atoms. The fourth-order valence-corrected chi connectivity index (χ4v) is 0.640. The summed E-state index contributed by atoms with van der Waals surface area (Å²) in [7, 11) is 1.49. The summed E-state index contributed by atoms with van der Waals surface area (Å²) in [6, 6.07) is 0. The van der Waals surface area contributed by atoms with E-state index in [1.807, 2.05) is 0 Å². The first-order chi connectivity index (χ1) is 6.06. The zero-order valence-corrected chi connectivity index (χ0v) is 7.29. The van der Waals surface area contributed by atoms with Crippen LogP contribution in [0.1, 0.15) is 12.8 Å². The third kappa shape index (κ3) is 6.79. The Morgan fingerprint density at radius 2 is 1.85 bits per heavy atom. The van der Waals surface area contributed by atoms with Gasteiger partial charge in [-0.3, -0.25) is 14.4 Å². The molecule has 6 nitrogen and oxygen atoms in total. The van der Waals surface area contributed by atoms with Crippen LogP contribution in [-0.2, 0) is 14.4 Å². The number of carbonyl (C=O) groups is 3. The van der Waals surface area contributed by atoms with Crippen molar-refractivity contribution in [2.75, 3.05) is 13.6 Å². The van der Waals surface area contributed by atoms with Gasteiger partial charge in [0, 0.05) is 20.0 Å². The second-order valence-electron chi connectivity index (χ2n) is 2.34. The van der Waals surface area contributed by atoms with E-state index in [1.54, 1.807) is 0 Å². The van der Waals surface area contributed by atoms with Crippen molar-refractivity contribution in [3.8, 4) is 0 Å². The van der Waals surface area contributed by atoms with Crippen LogP contribution in [0.3, 0.4) is 0 Å². The summed E-state index contributed by atoms with van der Waals surface area (Å²) in [6.45, 7) is 0.159. The molecule has 0 fully saturated rings. The van der Waals surface area contributed by atoms with Crippen molar-refractivity contribution in [3.05, 3.63) is 0 Å². The minimum absolute atomic E-state index is 0.155. The standard InChI is InChI=1S/C7H12N2O4/c1-8-5(10)2-3-9-6(11)4-7(12)13/h2-4H2,1H3,(H,8,10)(H,9,11)(H,12,13). The van der Waals surface area contributed by atoms with E-state index in [2.05, 4.69) is 10.6 Å². The van der Waals surface area contributed by atoms with Gasteiger partial charge in [-0.25, -0.2) is 0 Å². The van der Waals surface area contributed by atoms with Gasteiger partial charge in [0.15, 0.2) is 0 Å². The van der Waals surface area contributed by atoms with Crippen molar-refractivity contribution in [2.45, 2.75) is 12.8 Å². The molecule has 3 N–H and O–H groups in total. The summed E-state index contributed by atoms with van der Waals surface area (Å²) in [6.07, 6.45) is -0.407. The Bertz CT molecular complexity index is 215. The Hall–Kier alpha value is -1.59. The highest BCUT2D eigenvalue weighted by atomic mass is 16.4. The maximum atomic E-state index is 10.7. The summed E-state index contributed by atoms with van der Waals surface area (Å²) < 4.78 is 0. The van der Waals surface area contributed by atoms with Gasteiger partial charge >= 0.3 is 5.97 Å². The summed E-state index contributed by atoms with van der Waals surface area (Å²) in [5, 5.41) is 12.9. The Morgan fingerprint density at radius 1 is 1.23 bits per heavy atom. The quantitative estimate of drug-likeness (QED) is 0.468. The monoisotopic (exact) mass is 188 g/mol. The van der Waals surface area contributed by atoms with Gasteiger partial charge in [-0.05, 0) is 0 Å². The minimum atomic E-state index is -1.18. The number of carbonyl (C=O) groups excluding carboxylic acids is 2. The molecule has 0 radical (unpaired) electrons. The Kier molecular flexibility index (Phi) is 5.25. The zero-order valence-electron chi connectivity index (χ0n) is 7.29. The fourth-order valence-electron chi connectivity index (χ4n) is 0.640. The molecule has 0 atom stereocenters. The van der Waals surface area contributed by atoms with Gasteiger partial charge in [0.25, 0.3) is 0 Å². The van der Waals surface area contributed by atoms with Gasteiger partial charge in [0.05, 0.1) is 0 Å². The highest BCUT2D eigenvalue weighted by Gasteiger charge is 2.06. The number of hydrogen-bond donors (Lipinski definition) is 3. The van der Waals surface area contributed by atoms with Gasteiger partial charge in [0.1, 0.15) is 6.42 Å². The zero-order chi connectivity index (χ0) is 10.3. The number of nitrogens with one attached hydrogen (secondary N) is 2. The molecule has 0 saturated carbocycles. The van der Waals surface area contributed by atoms with Crippen LogP contribution in [0.2, 0.25) is 0 Å². The number of aliphatic carboxylic acids is 1. The summed E-state index contributed by atoms with van der Waals surface area (Å²) in [4.78, 5) is 31.4. The SMILES string of the molecule is CNC(=O)CCNC(=O)CC(=O)O. The molecule has 0 aliphatic heterocycles. The van der Waals surface area contributed by atoms with Crippen LogP contribution in [0.25, 0.3) is 0 Å². The van der Waals surface area contributed by atoms with Gasteiger partial charge in [-0.15, -0.1) is 0 Å². The van der Waals surface area contributed by atoms with Crippen LogP contribution in [0.15, 0.2) is 0 Å². The van der Waals surface area contributed by atoms with E-state index in [4.69, 9.17) is 5.11 Å². The lowest BCUT2D eigenvalue weighted by Crippen LogP contribution is -2.30. The van der Waals surface area contributed by atoms with Gasteiger partial charge in [0.2, 0.25) is 11.8 Å². The van der Waals surface area contributed by atoms with Gasteiger partial charge in [-0.2, -0.15) is 0 Å². The average molecular weight is 188 g/mol. The highest BCUT2D eigenvalue weighted by molar-refractivity contribution is 5.93. The lowest BCUT2D eigenvalue weighted by atomic mass is 10.3. The molecule has 0 heterocycles. The predicted molar refractivity (Wildman–Crippen MR) is 43.9 cm³/mol. The molecule has 0 aromatic rings. The van der Waals surface area contributed by atoms with E-state index in [9.17, 15) is 14.4 Å². The third-order valence-electron chi connectivity index (χ3n) is 1.26.